The van der Waals surface area contributed by atoms with E-state index in [1.54, 1.807) is 11.3 Å². The van der Waals surface area contributed by atoms with Gasteiger partial charge in [-0.15, -0.1) is 21.5 Å². The molecular weight excluding hydrogens is 771 g/mol. The van der Waals surface area contributed by atoms with Crippen LogP contribution < -0.4 is 9.80 Å². The fourth-order valence-electron chi connectivity index (χ4n) is 8.82. The largest absolute Gasteiger partial charge is 0.456 e. The van der Waals surface area contributed by atoms with E-state index in [1.165, 1.54) is 10.8 Å². The molecule has 61 heavy (non-hydrogen) atoms. The molecule has 0 aliphatic rings. The lowest BCUT2D eigenvalue weighted by Gasteiger charge is -2.24. The van der Waals surface area contributed by atoms with Gasteiger partial charge in [-0.1, -0.05) is 97.1 Å². The number of para-hydroxylation sites is 2. The molecule has 7 nitrogen and oxygen atoms in total. The fraction of sp³-hybridized carbons (Fsp3) is 0. The van der Waals surface area contributed by atoms with Crippen LogP contribution in [0, 0.1) is 0 Å². The number of aromatic nitrogens is 3. The van der Waals surface area contributed by atoms with Crippen LogP contribution in [0.1, 0.15) is 0 Å². The normalized spacial score (nSPS) is 11.9. The van der Waals surface area contributed by atoms with Crippen molar-refractivity contribution in [3.8, 4) is 0 Å². The van der Waals surface area contributed by atoms with E-state index in [0.29, 0.717) is 5.82 Å². The third-order valence-electron chi connectivity index (χ3n) is 11.7. The Balaban J connectivity index is 0.961. The van der Waals surface area contributed by atoms with Gasteiger partial charge in [0.15, 0.2) is 5.82 Å². The minimum Gasteiger partial charge on any atom is -0.456 e. The Hall–Kier alpha value is -8.07. The van der Waals surface area contributed by atoms with Gasteiger partial charge in [-0.25, -0.2) is 4.98 Å². The van der Waals surface area contributed by atoms with Crippen LogP contribution in [0.5, 0.6) is 0 Å². The van der Waals surface area contributed by atoms with Crippen LogP contribution in [0.4, 0.5) is 34.4 Å². The maximum absolute atomic E-state index is 6.38. The molecule has 0 spiro atoms. The zero-order valence-electron chi connectivity index (χ0n) is 32.4. The molecule has 0 fully saturated rings. The lowest BCUT2D eigenvalue weighted by molar-refractivity contribution is 0.668. The fourth-order valence-corrected chi connectivity index (χ4v) is 9.86. The van der Waals surface area contributed by atoms with E-state index in [0.717, 1.165) is 104 Å². The summed E-state index contributed by atoms with van der Waals surface area (Å²) in [6, 6.07) is 65.3. The first-order chi connectivity index (χ1) is 30.2. The molecule has 0 atom stereocenters. The number of benzene rings is 8. The predicted molar refractivity (Wildman–Crippen MR) is 252 cm³/mol. The van der Waals surface area contributed by atoms with Gasteiger partial charge < -0.3 is 8.83 Å². The van der Waals surface area contributed by atoms with Crippen LogP contribution in [-0.4, -0.2) is 15.2 Å². The Morgan fingerprint density at radius 2 is 0.836 bits per heavy atom. The standard InChI is InChI=1S/C53H31N5O2S/c1-3-11-34-27-36(19-17-32(34)9-1)57(38-21-23-42-40-13-5-7-15-45(40)59-47(42)29-38)50-26-25-44-52-49(61-53(44)54-50)31-51(55-56-52)58(37-20-18-33-10-2-4-12-35(33)28-37)39-22-24-43-41-14-6-8-16-46(41)60-48(43)30-39/h1-31H. The molecule has 0 saturated carbocycles. The molecule has 8 aromatic carbocycles. The Kier molecular flexibility index (Phi) is 7.34. The molecule has 0 aliphatic heterocycles. The van der Waals surface area contributed by atoms with Crippen molar-refractivity contribution in [3.63, 3.8) is 0 Å². The van der Waals surface area contributed by atoms with Crippen LogP contribution in [0.2, 0.25) is 0 Å². The second kappa shape index (κ2) is 13.2. The van der Waals surface area contributed by atoms with Gasteiger partial charge in [0.25, 0.3) is 0 Å². The number of thiophene rings is 1. The zero-order valence-corrected chi connectivity index (χ0v) is 33.2. The van der Waals surface area contributed by atoms with E-state index in [9.17, 15) is 0 Å². The van der Waals surface area contributed by atoms with Gasteiger partial charge in [0.05, 0.1) is 16.1 Å². The third kappa shape index (κ3) is 5.46. The van der Waals surface area contributed by atoms with E-state index in [-0.39, 0.29) is 0 Å². The van der Waals surface area contributed by atoms with Gasteiger partial charge in [-0.3, -0.25) is 9.80 Å². The molecular formula is C53H31N5O2S. The number of pyridine rings is 1. The van der Waals surface area contributed by atoms with Crippen molar-refractivity contribution in [1.82, 2.24) is 15.2 Å². The highest BCUT2D eigenvalue weighted by atomic mass is 32.1. The smallest absolute Gasteiger partial charge is 0.161 e. The molecule has 5 aromatic heterocycles. The topological polar surface area (TPSA) is 71.4 Å². The van der Waals surface area contributed by atoms with E-state index < -0.39 is 0 Å². The summed E-state index contributed by atoms with van der Waals surface area (Å²) in [7, 11) is 0. The zero-order chi connectivity index (χ0) is 40.0. The molecule has 286 valence electrons. The van der Waals surface area contributed by atoms with Crippen LogP contribution in [0.3, 0.4) is 0 Å². The lowest BCUT2D eigenvalue weighted by atomic mass is 10.1. The summed E-state index contributed by atoms with van der Waals surface area (Å²) in [4.78, 5) is 10.6. The number of anilines is 6. The summed E-state index contributed by atoms with van der Waals surface area (Å²) in [5.74, 6) is 1.48. The van der Waals surface area contributed by atoms with Crippen molar-refractivity contribution in [2.45, 2.75) is 0 Å². The van der Waals surface area contributed by atoms with Gasteiger partial charge in [0.2, 0.25) is 0 Å². The van der Waals surface area contributed by atoms with Crippen molar-refractivity contribution in [2.24, 2.45) is 0 Å². The maximum atomic E-state index is 6.38. The summed E-state index contributed by atoms with van der Waals surface area (Å²) in [5, 5.41) is 19.8. The van der Waals surface area contributed by atoms with Crippen molar-refractivity contribution in [3.05, 3.63) is 188 Å². The summed E-state index contributed by atoms with van der Waals surface area (Å²) < 4.78 is 13.7. The number of fused-ring (bicyclic) bond motifs is 11. The number of hydrogen-bond donors (Lipinski definition) is 0. The number of hydrogen-bond acceptors (Lipinski definition) is 8. The highest BCUT2D eigenvalue weighted by molar-refractivity contribution is 7.25. The van der Waals surface area contributed by atoms with E-state index in [1.807, 2.05) is 36.4 Å². The minimum absolute atomic E-state index is 0.696. The second-order valence-electron chi connectivity index (χ2n) is 15.3. The monoisotopic (exact) mass is 801 g/mol. The van der Waals surface area contributed by atoms with Gasteiger partial charge in [0.1, 0.15) is 38.5 Å². The molecule has 0 radical (unpaired) electrons. The average molecular weight is 802 g/mol. The van der Waals surface area contributed by atoms with Crippen molar-refractivity contribution in [1.29, 1.82) is 0 Å². The summed E-state index contributed by atoms with van der Waals surface area (Å²) in [6.45, 7) is 0. The molecule has 5 heterocycles. The third-order valence-corrected chi connectivity index (χ3v) is 12.8. The van der Waals surface area contributed by atoms with Gasteiger partial charge in [-0.2, -0.15) is 0 Å². The minimum atomic E-state index is 0.696. The van der Waals surface area contributed by atoms with Gasteiger partial charge in [-0.05, 0) is 94.3 Å². The van der Waals surface area contributed by atoms with Crippen LogP contribution in [0.15, 0.2) is 197 Å². The summed E-state index contributed by atoms with van der Waals surface area (Å²) >= 11 is 1.62. The van der Waals surface area contributed by atoms with Gasteiger partial charge in [0, 0.05) is 56.5 Å². The van der Waals surface area contributed by atoms with Gasteiger partial charge >= 0.3 is 0 Å². The molecule has 8 heteroatoms. The first-order valence-electron chi connectivity index (χ1n) is 20.2. The molecule has 0 amide bonds. The maximum Gasteiger partial charge on any atom is 0.161 e. The Bertz CT molecular complexity index is 3630. The van der Waals surface area contributed by atoms with Crippen molar-refractivity contribution >= 4 is 132 Å². The number of rotatable bonds is 6. The molecule has 13 rings (SSSR count). The molecule has 0 bridgehead atoms. The van der Waals surface area contributed by atoms with Crippen molar-refractivity contribution < 1.29 is 8.83 Å². The Morgan fingerprint density at radius 3 is 1.44 bits per heavy atom. The quantitative estimate of drug-likeness (QED) is 0.166. The number of furan rings is 2. The van der Waals surface area contributed by atoms with E-state index >= 15 is 0 Å². The second-order valence-corrected chi connectivity index (χ2v) is 16.4. The SMILES string of the molecule is c1ccc2cc(N(c3ccc4c(c3)oc3ccccc34)c3cc4sc5nc(N(c6ccc7ccccc7c6)c6ccc7c(c6)oc6ccccc67)ccc5c4nn3)ccc2c1. The highest BCUT2D eigenvalue weighted by Crippen LogP contribution is 2.43. The van der Waals surface area contributed by atoms with E-state index in [4.69, 9.17) is 24.0 Å². The summed E-state index contributed by atoms with van der Waals surface area (Å²) in [6.07, 6.45) is 0. The van der Waals surface area contributed by atoms with Crippen LogP contribution in [0.25, 0.3) is 85.9 Å². The molecule has 0 aliphatic carbocycles. The van der Waals surface area contributed by atoms with Crippen LogP contribution in [-0.2, 0) is 0 Å². The van der Waals surface area contributed by atoms with Crippen molar-refractivity contribution in [2.75, 3.05) is 9.80 Å². The molecule has 0 N–H and O–H groups in total. The first-order valence-corrected chi connectivity index (χ1v) is 21.0. The predicted octanol–water partition coefficient (Wildman–Crippen LogP) is 15.3. The average Bonchev–Trinajstić information content (AvgIpc) is 3.99. The Labute approximate surface area is 351 Å². The lowest BCUT2D eigenvalue weighted by Crippen LogP contribution is -2.12. The van der Waals surface area contributed by atoms with Crippen LogP contribution >= 0.6 is 11.3 Å². The first kappa shape index (κ1) is 33.9. The highest BCUT2D eigenvalue weighted by Gasteiger charge is 2.22. The summed E-state index contributed by atoms with van der Waals surface area (Å²) in [5.41, 5.74) is 8.02. The number of nitrogens with zero attached hydrogens (tertiary/aromatic N) is 5. The Morgan fingerprint density at radius 1 is 0.361 bits per heavy atom. The molecule has 0 saturated heterocycles. The van der Waals surface area contributed by atoms with E-state index in [2.05, 4.69) is 161 Å². The molecule has 0 unspecified atom stereocenters. The molecule has 13 aromatic rings.